The van der Waals surface area contributed by atoms with Crippen molar-refractivity contribution < 1.29 is 0 Å². The minimum Gasteiger partial charge on any atom is -0.368 e. The van der Waals surface area contributed by atoms with Gasteiger partial charge in [-0.3, -0.25) is 4.90 Å². The van der Waals surface area contributed by atoms with Gasteiger partial charge in [0.05, 0.1) is 20.8 Å². The van der Waals surface area contributed by atoms with Crippen LogP contribution in [0.5, 0.6) is 0 Å². The fourth-order valence-electron chi connectivity index (χ4n) is 2.77. The van der Waals surface area contributed by atoms with E-state index in [4.69, 9.17) is 34.8 Å². The Balaban J connectivity index is 1.63. The molecule has 0 N–H and O–H groups in total. The Morgan fingerprint density at radius 3 is 2.18 bits per heavy atom. The summed E-state index contributed by atoms with van der Waals surface area (Å²) in [5, 5.41) is 2.10. The molecule has 2 aromatic carbocycles. The first kappa shape index (κ1) is 15.9. The molecule has 2 nitrogen and oxygen atoms in total. The molecule has 0 atom stereocenters. The lowest BCUT2D eigenvalue weighted by atomic mass is 10.2. The molecule has 0 saturated carbocycles. The first-order valence-electron chi connectivity index (χ1n) is 7.30. The molecule has 5 heteroatoms. The van der Waals surface area contributed by atoms with Crippen molar-refractivity contribution in [3.05, 3.63) is 63.1 Å². The number of anilines is 1. The van der Waals surface area contributed by atoms with Gasteiger partial charge in [-0.05, 0) is 23.8 Å². The molecule has 0 amide bonds. The molecular formula is C17H17Cl3N2. The monoisotopic (exact) mass is 354 g/mol. The molecular weight excluding hydrogens is 339 g/mol. The highest BCUT2D eigenvalue weighted by molar-refractivity contribution is 6.42. The number of piperazine rings is 1. The van der Waals surface area contributed by atoms with Crippen LogP contribution in [0.4, 0.5) is 5.69 Å². The lowest BCUT2D eigenvalue weighted by Gasteiger charge is -2.36. The summed E-state index contributed by atoms with van der Waals surface area (Å²) in [6.45, 7) is 4.71. The van der Waals surface area contributed by atoms with E-state index in [0.717, 1.165) is 49.0 Å². The number of benzene rings is 2. The van der Waals surface area contributed by atoms with Gasteiger partial charge in [0.25, 0.3) is 0 Å². The average Bonchev–Trinajstić information content (AvgIpc) is 2.53. The highest BCUT2D eigenvalue weighted by atomic mass is 35.5. The first-order chi connectivity index (χ1) is 10.6. The van der Waals surface area contributed by atoms with Gasteiger partial charge in [-0.25, -0.2) is 0 Å². The molecule has 3 rings (SSSR count). The van der Waals surface area contributed by atoms with Gasteiger partial charge in [0.2, 0.25) is 0 Å². The van der Waals surface area contributed by atoms with Gasteiger partial charge < -0.3 is 4.90 Å². The van der Waals surface area contributed by atoms with E-state index in [1.807, 2.05) is 36.4 Å². The van der Waals surface area contributed by atoms with Gasteiger partial charge >= 0.3 is 0 Å². The van der Waals surface area contributed by atoms with Crippen molar-refractivity contribution in [2.45, 2.75) is 6.54 Å². The molecule has 0 aromatic heterocycles. The number of halogens is 3. The second-order valence-electron chi connectivity index (χ2n) is 5.43. The van der Waals surface area contributed by atoms with Gasteiger partial charge in [-0.2, -0.15) is 0 Å². The van der Waals surface area contributed by atoms with Crippen LogP contribution in [0.1, 0.15) is 5.56 Å². The molecule has 0 aliphatic carbocycles. The lowest BCUT2D eigenvalue weighted by Crippen LogP contribution is -2.46. The van der Waals surface area contributed by atoms with E-state index in [-0.39, 0.29) is 0 Å². The number of nitrogens with zero attached hydrogens (tertiary/aromatic N) is 2. The fourth-order valence-corrected chi connectivity index (χ4v) is 3.40. The second-order valence-corrected chi connectivity index (χ2v) is 6.62. The van der Waals surface area contributed by atoms with E-state index in [1.165, 1.54) is 0 Å². The molecule has 0 bridgehead atoms. The molecule has 1 fully saturated rings. The second kappa shape index (κ2) is 7.10. The predicted octanol–water partition coefficient (Wildman–Crippen LogP) is 4.97. The van der Waals surface area contributed by atoms with Crippen molar-refractivity contribution in [2.24, 2.45) is 0 Å². The largest absolute Gasteiger partial charge is 0.368 e. The predicted molar refractivity (Wildman–Crippen MR) is 95.4 cm³/mol. The standard InChI is InChI=1S/C17H17Cl3N2/c18-14-5-1-2-7-16(14)22-10-8-21(9-11-22)12-13-4-3-6-15(19)17(13)20/h1-7H,8-12H2. The average molecular weight is 356 g/mol. The summed E-state index contributed by atoms with van der Waals surface area (Å²) in [4.78, 5) is 4.73. The quantitative estimate of drug-likeness (QED) is 0.767. The summed E-state index contributed by atoms with van der Waals surface area (Å²) >= 11 is 18.6. The molecule has 0 spiro atoms. The summed E-state index contributed by atoms with van der Waals surface area (Å²) in [5.41, 5.74) is 2.20. The molecule has 1 saturated heterocycles. The third-order valence-corrected chi connectivity index (χ3v) is 5.17. The lowest BCUT2D eigenvalue weighted by molar-refractivity contribution is 0.250. The van der Waals surface area contributed by atoms with E-state index < -0.39 is 0 Å². The summed E-state index contributed by atoms with van der Waals surface area (Å²) in [6, 6.07) is 13.8. The van der Waals surface area contributed by atoms with Crippen LogP contribution in [0.15, 0.2) is 42.5 Å². The minimum absolute atomic E-state index is 0.619. The van der Waals surface area contributed by atoms with Crippen molar-refractivity contribution in [1.82, 2.24) is 4.90 Å². The minimum atomic E-state index is 0.619. The number of rotatable bonds is 3. The number of para-hydroxylation sites is 1. The molecule has 1 aliphatic heterocycles. The summed E-state index contributed by atoms with van der Waals surface area (Å²) in [7, 11) is 0. The van der Waals surface area contributed by atoms with Crippen LogP contribution in [-0.4, -0.2) is 31.1 Å². The van der Waals surface area contributed by atoms with Gasteiger partial charge in [-0.15, -0.1) is 0 Å². The van der Waals surface area contributed by atoms with Crippen molar-refractivity contribution in [1.29, 1.82) is 0 Å². The van der Waals surface area contributed by atoms with Crippen molar-refractivity contribution in [3.63, 3.8) is 0 Å². The Hall–Kier alpha value is -0.930. The van der Waals surface area contributed by atoms with Crippen molar-refractivity contribution in [3.8, 4) is 0 Å². The van der Waals surface area contributed by atoms with E-state index in [9.17, 15) is 0 Å². The first-order valence-corrected chi connectivity index (χ1v) is 8.43. The molecule has 2 aromatic rings. The maximum absolute atomic E-state index is 6.27. The van der Waals surface area contributed by atoms with E-state index in [1.54, 1.807) is 0 Å². The molecule has 1 aliphatic rings. The maximum Gasteiger partial charge on any atom is 0.0639 e. The summed E-state index contributed by atoms with van der Waals surface area (Å²) < 4.78 is 0. The van der Waals surface area contributed by atoms with E-state index >= 15 is 0 Å². The highest BCUT2D eigenvalue weighted by Gasteiger charge is 2.19. The zero-order valence-corrected chi connectivity index (χ0v) is 14.4. The SMILES string of the molecule is Clc1ccccc1N1CCN(Cc2cccc(Cl)c2Cl)CC1. The topological polar surface area (TPSA) is 6.48 Å². The van der Waals surface area contributed by atoms with Crippen LogP contribution in [0.25, 0.3) is 0 Å². The van der Waals surface area contributed by atoms with Crippen LogP contribution >= 0.6 is 34.8 Å². The Kier molecular flexibility index (Phi) is 5.14. The molecule has 1 heterocycles. The zero-order valence-electron chi connectivity index (χ0n) is 12.1. The Labute approximate surface area is 146 Å². The van der Waals surface area contributed by atoms with Gasteiger partial charge in [-0.1, -0.05) is 59.1 Å². The van der Waals surface area contributed by atoms with E-state index in [2.05, 4.69) is 15.9 Å². The highest BCUT2D eigenvalue weighted by Crippen LogP contribution is 2.28. The van der Waals surface area contributed by atoms with Gasteiger partial charge in [0, 0.05) is 32.7 Å². The van der Waals surface area contributed by atoms with Gasteiger partial charge in [0.1, 0.15) is 0 Å². The third kappa shape index (κ3) is 3.52. The smallest absolute Gasteiger partial charge is 0.0639 e. The molecule has 0 radical (unpaired) electrons. The fraction of sp³-hybridized carbons (Fsp3) is 0.294. The van der Waals surface area contributed by atoms with Crippen LogP contribution in [-0.2, 0) is 6.54 Å². The zero-order chi connectivity index (χ0) is 15.5. The molecule has 116 valence electrons. The van der Waals surface area contributed by atoms with Crippen LogP contribution in [0, 0.1) is 0 Å². The summed E-state index contributed by atoms with van der Waals surface area (Å²) in [5.74, 6) is 0. The van der Waals surface area contributed by atoms with Crippen molar-refractivity contribution in [2.75, 3.05) is 31.1 Å². The van der Waals surface area contributed by atoms with Crippen molar-refractivity contribution >= 4 is 40.5 Å². The van der Waals surface area contributed by atoms with E-state index in [0.29, 0.717) is 10.0 Å². The van der Waals surface area contributed by atoms with Crippen LogP contribution in [0.2, 0.25) is 15.1 Å². The van der Waals surface area contributed by atoms with Crippen LogP contribution < -0.4 is 4.90 Å². The number of hydrogen-bond donors (Lipinski definition) is 0. The normalized spacial score (nSPS) is 16.0. The summed E-state index contributed by atoms with van der Waals surface area (Å²) in [6.07, 6.45) is 0. The molecule has 0 unspecified atom stereocenters. The van der Waals surface area contributed by atoms with Crippen LogP contribution in [0.3, 0.4) is 0 Å². The Bertz CT molecular complexity index is 652. The Morgan fingerprint density at radius 1 is 0.773 bits per heavy atom. The van der Waals surface area contributed by atoms with Gasteiger partial charge in [0.15, 0.2) is 0 Å². The molecule has 22 heavy (non-hydrogen) atoms. The third-order valence-electron chi connectivity index (χ3n) is 3.99. The Morgan fingerprint density at radius 2 is 1.45 bits per heavy atom. The number of hydrogen-bond acceptors (Lipinski definition) is 2. The maximum atomic E-state index is 6.27.